The van der Waals surface area contributed by atoms with Crippen LogP contribution in [0.1, 0.15) is 15.9 Å². The second-order valence-electron chi connectivity index (χ2n) is 4.33. The molecule has 0 aliphatic carbocycles. The first-order chi connectivity index (χ1) is 8.99. The lowest BCUT2D eigenvalue weighted by molar-refractivity contribution is 0.0993. The summed E-state index contributed by atoms with van der Waals surface area (Å²) in [6, 6.07) is 11.9. The van der Waals surface area contributed by atoms with Gasteiger partial charge in [0.15, 0.2) is 0 Å². The smallest absolute Gasteiger partial charge is 0.258 e. The molecule has 0 saturated heterocycles. The molecule has 0 spiro atoms. The quantitative estimate of drug-likeness (QED) is 0.812. The number of hydrogen-bond donors (Lipinski definition) is 0. The zero-order valence-corrected chi connectivity index (χ0v) is 12.2. The van der Waals surface area contributed by atoms with Gasteiger partial charge in [-0.3, -0.25) is 4.79 Å². The van der Waals surface area contributed by atoms with Gasteiger partial charge in [-0.15, -0.1) is 0 Å². The first-order valence-corrected chi connectivity index (χ1v) is 6.58. The highest BCUT2D eigenvalue weighted by atomic mass is 79.9. The molecule has 0 aliphatic heterocycles. The highest BCUT2D eigenvalue weighted by Crippen LogP contribution is 2.20. The summed E-state index contributed by atoms with van der Waals surface area (Å²) in [6.45, 7) is 1.99. The van der Waals surface area contributed by atoms with Gasteiger partial charge in [0.2, 0.25) is 0 Å². The van der Waals surface area contributed by atoms with Gasteiger partial charge in [-0.2, -0.15) is 0 Å². The lowest BCUT2D eigenvalue weighted by Crippen LogP contribution is -2.26. The van der Waals surface area contributed by atoms with Crippen LogP contribution in [-0.4, -0.2) is 13.0 Å². The standard InChI is InChI=1S/C15H13BrFNO/c1-10-3-6-12(7-4-10)18(2)15(19)11-5-8-14(17)13(16)9-11/h3-9H,1-2H3. The molecule has 1 amide bonds. The van der Waals surface area contributed by atoms with E-state index in [2.05, 4.69) is 15.9 Å². The topological polar surface area (TPSA) is 20.3 Å². The van der Waals surface area contributed by atoms with Gasteiger partial charge >= 0.3 is 0 Å². The number of hydrogen-bond acceptors (Lipinski definition) is 1. The van der Waals surface area contributed by atoms with Gasteiger partial charge in [0, 0.05) is 18.3 Å². The summed E-state index contributed by atoms with van der Waals surface area (Å²) in [4.78, 5) is 13.8. The lowest BCUT2D eigenvalue weighted by Gasteiger charge is -2.17. The maximum Gasteiger partial charge on any atom is 0.258 e. The van der Waals surface area contributed by atoms with Crippen LogP contribution in [0.3, 0.4) is 0 Å². The summed E-state index contributed by atoms with van der Waals surface area (Å²) >= 11 is 3.08. The van der Waals surface area contributed by atoms with Crippen molar-refractivity contribution in [2.24, 2.45) is 0 Å². The summed E-state index contributed by atoms with van der Waals surface area (Å²) < 4.78 is 13.4. The molecule has 0 radical (unpaired) electrons. The Balaban J connectivity index is 2.28. The largest absolute Gasteiger partial charge is 0.311 e. The van der Waals surface area contributed by atoms with E-state index < -0.39 is 0 Å². The van der Waals surface area contributed by atoms with Crippen LogP contribution in [0.4, 0.5) is 10.1 Å². The third kappa shape index (κ3) is 3.01. The third-order valence-electron chi connectivity index (χ3n) is 2.89. The molecule has 2 nitrogen and oxygen atoms in total. The van der Waals surface area contributed by atoms with Gasteiger partial charge in [0.1, 0.15) is 5.82 Å². The molecule has 0 atom stereocenters. The Labute approximate surface area is 120 Å². The minimum absolute atomic E-state index is 0.176. The van der Waals surface area contributed by atoms with Crippen molar-refractivity contribution in [3.63, 3.8) is 0 Å². The van der Waals surface area contributed by atoms with Crippen LogP contribution in [0, 0.1) is 12.7 Å². The number of rotatable bonds is 2. The molecule has 0 aromatic heterocycles. The fourth-order valence-electron chi connectivity index (χ4n) is 1.71. The van der Waals surface area contributed by atoms with Gasteiger partial charge in [-0.1, -0.05) is 17.7 Å². The van der Waals surface area contributed by atoms with E-state index in [1.807, 2.05) is 31.2 Å². The molecule has 2 aromatic rings. The normalized spacial score (nSPS) is 10.3. The number of anilines is 1. The first-order valence-electron chi connectivity index (χ1n) is 5.79. The van der Waals surface area contributed by atoms with Crippen LogP contribution >= 0.6 is 15.9 Å². The Morgan fingerprint density at radius 2 is 1.79 bits per heavy atom. The molecule has 98 valence electrons. The summed E-state index contributed by atoms with van der Waals surface area (Å²) in [5, 5.41) is 0. The van der Waals surface area contributed by atoms with E-state index in [1.165, 1.54) is 18.2 Å². The predicted molar refractivity (Wildman–Crippen MR) is 78.0 cm³/mol. The Kier molecular flexibility index (Phi) is 4.00. The van der Waals surface area contributed by atoms with Crippen LogP contribution in [-0.2, 0) is 0 Å². The lowest BCUT2D eigenvalue weighted by atomic mass is 10.1. The van der Waals surface area contributed by atoms with E-state index in [0.717, 1.165) is 11.3 Å². The van der Waals surface area contributed by atoms with Crippen molar-refractivity contribution in [3.05, 3.63) is 63.9 Å². The van der Waals surface area contributed by atoms with E-state index in [9.17, 15) is 9.18 Å². The minimum atomic E-state index is -0.380. The van der Waals surface area contributed by atoms with Crippen LogP contribution in [0.25, 0.3) is 0 Å². The molecule has 0 unspecified atom stereocenters. The Morgan fingerprint density at radius 1 is 1.16 bits per heavy atom. The van der Waals surface area contributed by atoms with E-state index in [4.69, 9.17) is 0 Å². The fourth-order valence-corrected chi connectivity index (χ4v) is 2.09. The third-order valence-corrected chi connectivity index (χ3v) is 3.50. The number of amides is 1. The molecule has 0 bridgehead atoms. The fraction of sp³-hybridized carbons (Fsp3) is 0.133. The highest BCUT2D eigenvalue weighted by molar-refractivity contribution is 9.10. The van der Waals surface area contributed by atoms with Gasteiger partial charge in [0.05, 0.1) is 4.47 Å². The first kappa shape index (κ1) is 13.7. The molecular weight excluding hydrogens is 309 g/mol. The number of carbonyl (C=O) groups is 1. The molecule has 0 heterocycles. The molecule has 0 aliphatic rings. The van der Waals surface area contributed by atoms with Gasteiger partial charge in [-0.25, -0.2) is 4.39 Å². The average Bonchev–Trinajstić information content (AvgIpc) is 2.41. The summed E-state index contributed by atoms with van der Waals surface area (Å²) in [7, 11) is 1.70. The Morgan fingerprint density at radius 3 is 2.37 bits per heavy atom. The molecular formula is C15H13BrFNO. The number of aryl methyl sites for hydroxylation is 1. The van der Waals surface area contributed by atoms with E-state index in [-0.39, 0.29) is 16.2 Å². The van der Waals surface area contributed by atoms with Crippen LogP contribution < -0.4 is 4.90 Å². The SMILES string of the molecule is Cc1ccc(N(C)C(=O)c2ccc(F)c(Br)c2)cc1. The monoisotopic (exact) mass is 321 g/mol. The van der Waals surface area contributed by atoms with E-state index >= 15 is 0 Å². The van der Waals surface area contributed by atoms with Crippen LogP contribution in [0.2, 0.25) is 0 Å². The van der Waals surface area contributed by atoms with Crippen molar-refractivity contribution in [1.29, 1.82) is 0 Å². The van der Waals surface area contributed by atoms with Crippen LogP contribution in [0.15, 0.2) is 46.9 Å². The Bertz CT molecular complexity index is 610. The van der Waals surface area contributed by atoms with Crippen molar-refractivity contribution in [2.45, 2.75) is 6.92 Å². The molecule has 0 saturated carbocycles. The van der Waals surface area contributed by atoms with Crippen molar-refractivity contribution in [3.8, 4) is 0 Å². The molecule has 2 aromatic carbocycles. The van der Waals surface area contributed by atoms with Crippen molar-refractivity contribution < 1.29 is 9.18 Å². The summed E-state index contributed by atoms with van der Waals surface area (Å²) in [5.41, 5.74) is 2.38. The number of carbonyl (C=O) groups excluding carboxylic acids is 1. The van der Waals surface area contributed by atoms with Crippen molar-refractivity contribution >= 4 is 27.5 Å². The second kappa shape index (κ2) is 5.53. The molecule has 4 heteroatoms. The van der Waals surface area contributed by atoms with Crippen molar-refractivity contribution in [2.75, 3.05) is 11.9 Å². The zero-order valence-electron chi connectivity index (χ0n) is 10.7. The predicted octanol–water partition coefficient (Wildman–Crippen LogP) is 4.17. The van der Waals surface area contributed by atoms with Gasteiger partial charge < -0.3 is 4.90 Å². The Hall–Kier alpha value is -1.68. The average molecular weight is 322 g/mol. The molecule has 0 fully saturated rings. The maximum absolute atomic E-state index is 13.2. The summed E-state index contributed by atoms with van der Waals surface area (Å²) in [6.07, 6.45) is 0. The highest BCUT2D eigenvalue weighted by Gasteiger charge is 2.14. The van der Waals surface area contributed by atoms with Crippen molar-refractivity contribution in [1.82, 2.24) is 0 Å². The van der Waals surface area contributed by atoms with Gasteiger partial charge in [0.25, 0.3) is 5.91 Å². The van der Waals surface area contributed by atoms with Crippen LogP contribution in [0.5, 0.6) is 0 Å². The van der Waals surface area contributed by atoms with E-state index in [0.29, 0.717) is 5.56 Å². The molecule has 19 heavy (non-hydrogen) atoms. The number of benzene rings is 2. The minimum Gasteiger partial charge on any atom is -0.311 e. The summed E-state index contributed by atoms with van der Waals surface area (Å²) in [5.74, 6) is -0.556. The zero-order chi connectivity index (χ0) is 14.0. The number of nitrogens with zero attached hydrogens (tertiary/aromatic N) is 1. The molecule has 0 N–H and O–H groups in total. The second-order valence-corrected chi connectivity index (χ2v) is 5.18. The maximum atomic E-state index is 13.2. The number of halogens is 2. The molecule has 2 rings (SSSR count). The van der Waals surface area contributed by atoms with Gasteiger partial charge in [-0.05, 0) is 53.2 Å². The van der Waals surface area contributed by atoms with E-state index in [1.54, 1.807) is 11.9 Å².